The minimum absolute atomic E-state index is 0.141. The summed E-state index contributed by atoms with van der Waals surface area (Å²) >= 11 is 5.76. The topological polar surface area (TPSA) is 119 Å². The average molecular weight is 303 g/mol. The summed E-state index contributed by atoms with van der Waals surface area (Å²) in [4.78, 5) is 32.9. The molecule has 0 aromatic heterocycles. The van der Waals surface area contributed by atoms with Crippen LogP contribution >= 0.6 is 11.6 Å². The monoisotopic (exact) mass is 302 g/mol. The van der Waals surface area contributed by atoms with Crippen LogP contribution in [0.4, 0.5) is 5.69 Å². The van der Waals surface area contributed by atoms with Crippen molar-refractivity contribution in [1.29, 1.82) is 0 Å². The van der Waals surface area contributed by atoms with E-state index in [1.54, 1.807) is 0 Å². The number of ether oxygens (including phenoxy) is 1. The molecule has 20 heavy (non-hydrogen) atoms. The molecule has 0 fully saturated rings. The molecule has 0 aliphatic heterocycles. The zero-order chi connectivity index (χ0) is 15.3. The van der Waals surface area contributed by atoms with Crippen molar-refractivity contribution in [2.24, 2.45) is 0 Å². The maximum Gasteiger partial charge on any atom is 0.328 e. The molecule has 9 heteroatoms. The van der Waals surface area contributed by atoms with Crippen LogP contribution in [0.3, 0.4) is 0 Å². The van der Waals surface area contributed by atoms with Crippen LogP contribution in [-0.2, 0) is 9.53 Å². The maximum absolute atomic E-state index is 12.0. The molecule has 0 saturated heterocycles. The van der Waals surface area contributed by atoms with E-state index in [4.69, 9.17) is 16.7 Å². The van der Waals surface area contributed by atoms with E-state index in [1.165, 1.54) is 19.2 Å². The molecule has 1 aromatic rings. The fraction of sp³-hybridized carbons (Fsp3) is 0.273. The van der Waals surface area contributed by atoms with Crippen LogP contribution in [0.15, 0.2) is 18.2 Å². The van der Waals surface area contributed by atoms with E-state index >= 15 is 0 Å². The van der Waals surface area contributed by atoms with Crippen molar-refractivity contribution in [2.75, 3.05) is 13.7 Å². The third-order valence-electron chi connectivity index (χ3n) is 2.35. The second kappa shape index (κ2) is 6.83. The number of nitro groups is 1. The lowest BCUT2D eigenvalue weighted by atomic mass is 10.1. The molecule has 1 rings (SSSR count). The van der Waals surface area contributed by atoms with Crippen LogP contribution in [0.1, 0.15) is 10.4 Å². The number of carbonyl (C=O) groups is 2. The Morgan fingerprint density at radius 1 is 1.55 bits per heavy atom. The Morgan fingerprint density at radius 3 is 2.70 bits per heavy atom. The Labute approximate surface area is 118 Å². The second-order valence-corrected chi connectivity index (χ2v) is 4.12. The van der Waals surface area contributed by atoms with Crippen molar-refractivity contribution in [2.45, 2.75) is 6.04 Å². The Hall–Kier alpha value is -2.19. The zero-order valence-electron chi connectivity index (χ0n) is 10.3. The highest BCUT2D eigenvalue weighted by atomic mass is 35.5. The number of hydrogen-bond donors (Lipinski definition) is 2. The summed E-state index contributed by atoms with van der Waals surface area (Å²) in [6, 6.07) is 2.40. The van der Waals surface area contributed by atoms with Crippen molar-refractivity contribution in [1.82, 2.24) is 5.32 Å². The molecule has 0 bridgehead atoms. The number of carboxylic acid groups (broad SMARTS) is 1. The summed E-state index contributed by atoms with van der Waals surface area (Å²) in [6.07, 6.45) is 0. The van der Waals surface area contributed by atoms with E-state index in [9.17, 15) is 19.7 Å². The number of aliphatic carboxylic acids is 1. The molecule has 1 unspecified atom stereocenters. The number of halogens is 1. The predicted octanol–water partition coefficient (Wildman–Crippen LogP) is 1.08. The van der Waals surface area contributed by atoms with Crippen LogP contribution in [0.5, 0.6) is 0 Å². The standard InChI is InChI=1S/C11H11ClN2O6/c1-20-5-7(11(16)17)13-10(15)9-6(12)3-2-4-8(9)14(18)19/h2-4,7H,5H2,1H3,(H,13,15)(H,16,17). The molecule has 0 spiro atoms. The first-order valence-corrected chi connectivity index (χ1v) is 5.71. The number of carbonyl (C=O) groups excluding carboxylic acids is 1. The van der Waals surface area contributed by atoms with E-state index < -0.39 is 28.5 Å². The molecule has 0 aliphatic carbocycles. The lowest BCUT2D eigenvalue weighted by molar-refractivity contribution is -0.385. The van der Waals surface area contributed by atoms with Gasteiger partial charge in [-0.3, -0.25) is 14.9 Å². The normalized spacial score (nSPS) is 11.7. The van der Waals surface area contributed by atoms with E-state index in [0.717, 1.165) is 6.07 Å². The smallest absolute Gasteiger partial charge is 0.328 e. The molecular weight excluding hydrogens is 292 g/mol. The molecular formula is C11H11ClN2O6. The first-order chi connectivity index (χ1) is 9.38. The number of hydrogen-bond acceptors (Lipinski definition) is 5. The van der Waals surface area contributed by atoms with Gasteiger partial charge in [0.15, 0.2) is 6.04 Å². The van der Waals surface area contributed by atoms with Gasteiger partial charge in [0.2, 0.25) is 0 Å². The number of benzene rings is 1. The fourth-order valence-electron chi connectivity index (χ4n) is 1.46. The Morgan fingerprint density at radius 2 is 2.20 bits per heavy atom. The van der Waals surface area contributed by atoms with E-state index in [0.29, 0.717) is 0 Å². The Kier molecular flexibility index (Phi) is 5.42. The first kappa shape index (κ1) is 15.9. The minimum Gasteiger partial charge on any atom is -0.480 e. The summed E-state index contributed by atoms with van der Waals surface area (Å²) in [5.74, 6) is -2.28. The van der Waals surface area contributed by atoms with Gasteiger partial charge in [0.25, 0.3) is 11.6 Å². The molecule has 1 atom stereocenters. The lowest BCUT2D eigenvalue weighted by Gasteiger charge is -2.14. The summed E-state index contributed by atoms with van der Waals surface area (Å²) in [6.45, 7) is -0.278. The van der Waals surface area contributed by atoms with Crippen molar-refractivity contribution < 1.29 is 24.4 Å². The summed E-state index contributed by atoms with van der Waals surface area (Å²) in [7, 11) is 1.26. The quantitative estimate of drug-likeness (QED) is 0.599. The minimum atomic E-state index is -1.33. The highest BCUT2D eigenvalue weighted by molar-refractivity contribution is 6.34. The van der Waals surface area contributed by atoms with E-state index in [-0.39, 0.29) is 17.2 Å². The van der Waals surface area contributed by atoms with Gasteiger partial charge in [-0.05, 0) is 6.07 Å². The maximum atomic E-state index is 12.0. The first-order valence-electron chi connectivity index (χ1n) is 5.34. The molecule has 0 aliphatic rings. The highest BCUT2D eigenvalue weighted by Gasteiger charge is 2.27. The number of nitro benzene ring substituents is 1. The van der Waals surface area contributed by atoms with Gasteiger partial charge in [0.1, 0.15) is 5.56 Å². The summed E-state index contributed by atoms with van der Waals surface area (Å²) in [5.41, 5.74) is -0.891. The highest BCUT2D eigenvalue weighted by Crippen LogP contribution is 2.26. The second-order valence-electron chi connectivity index (χ2n) is 3.71. The van der Waals surface area contributed by atoms with Gasteiger partial charge in [-0.15, -0.1) is 0 Å². The van der Waals surface area contributed by atoms with Gasteiger partial charge in [0.05, 0.1) is 16.6 Å². The van der Waals surface area contributed by atoms with Crippen molar-refractivity contribution in [3.63, 3.8) is 0 Å². The molecule has 1 aromatic carbocycles. The van der Waals surface area contributed by atoms with Gasteiger partial charge in [0, 0.05) is 13.2 Å². The van der Waals surface area contributed by atoms with Crippen molar-refractivity contribution >= 4 is 29.2 Å². The van der Waals surface area contributed by atoms with E-state index in [1.807, 2.05) is 0 Å². The molecule has 108 valence electrons. The Balaban J connectivity index is 3.09. The number of nitrogens with zero attached hydrogens (tertiary/aromatic N) is 1. The number of methoxy groups -OCH3 is 1. The number of amides is 1. The predicted molar refractivity (Wildman–Crippen MR) is 68.9 cm³/mol. The van der Waals surface area contributed by atoms with Gasteiger partial charge < -0.3 is 15.2 Å². The molecule has 8 nitrogen and oxygen atoms in total. The number of carboxylic acids is 1. The van der Waals surface area contributed by atoms with Crippen molar-refractivity contribution in [3.05, 3.63) is 38.9 Å². The van der Waals surface area contributed by atoms with Gasteiger partial charge in [-0.25, -0.2) is 4.79 Å². The van der Waals surface area contributed by atoms with Crippen LogP contribution in [0.25, 0.3) is 0 Å². The third kappa shape index (κ3) is 3.65. The SMILES string of the molecule is COCC(NC(=O)c1c(Cl)cccc1[N+](=O)[O-])C(=O)O. The molecule has 0 heterocycles. The van der Waals surface area contributed by atoms with Crippen molar-refractivity contribution in [3.8, 4) is 0 Å². The fourth-order valence-corrected chi connectivity index (χ4v) is 1.72. The van der Waals surface area contributed by atoms with E-state index in [2.05, 4.69) is 10.1 Å². The van der Waals surface area contributed by atoms with Crippen LogP contribution < -0.4 is 5.32 Å². The Bertz CT molecular complexity index is 548. The zero-order valence-corrected chi connectivity index (χ0v) is 11.1. The summed E-state index contributed by atoms with van der Waals surface area (Å²) < 4.78 is 4.65. The lowest BCUT2D eigenvalue weighted by Crippen LogP contribution is -2.44. The third-order valence-corrected chi connectivity index (χ3v) is 2.67. The number of rotatable bonds is 6. The molecule has 2 N–H and O–H groups in total. The van der Waals surface area contributed by atoms with Crippen LogP contribution in [0, 0.1) is 10.1 Å². The van der Waals surface area contributed by atoms with Gasteiger partial charge >= 0.3 is 5.97 Å². The summed E-state index contributed by atoms with van der Waals surface area (Å²) in [5, 5.41) is 21.7. The van der Waals surface area contributed by atoms with Gasteiger partial charge in [-0.2, -0.15) is 0 Å². The average Bonchev–Trinajstić information content (AvgIpc) is 2.37. The molecule has 0 saturated carbocycles. The number of nitrogens with one attached hydrogen (secondary N) is 1. The molecule has 0 radical (unpaired) electrons. The van der Waals surface area contributed by atoms with Crippen LogP contribution in [-0.4, -0.2) is 41.7 Å². The van der Waals surface area contributed by atoms with Gasteiger partial charge in [-0.1, -0.05) is 17.7 Å². The largest absolute Gasteiger partial charge is 0.480 e. The molecule has 1 amide bonds. The van der Waals surface area contributed by atoms with Crippen LogP contribution in [0.2, 0.25) is 5.02 Å².